The maximum atomic E-state index is 12.9. The summed E-state index contributed by atoms with van der Waals surface area (Å²) in [6.07, 6.45) is 6.08. The van der Waals surface area contributed by atoms with Gasteiger partial charge in [0.25, 0.3) is 0 Å². The number of rotatable bonds is 2. The van der Waals surface area contributed by atoms with Gasteiger partial charge in [-0.05, 0) is 46.0 Å². The first kappa shape index (κ1) is 21.4. The molecule has 2 rings (SSSR count). The number of nitrogens with zero attached hydrogens (tertiary/aromatic N) is 1. The molecule has 0 spiro atoms. The van der Waals surface area contributed by atoms with Gasteiger partial charge in [-0.15, -0.1) is 0 Å². The van der Waals surface area contributed by atoms with Gasteiger partial charge in [-0.1, -0.05) is 12.8 Å². The van der Waals surface area contributed by atoms with Crippen molar-refractivity contribution in [3.63, 3.8) is 0 Å². The molecule has 0 saturated carbocycles. The van der Waals surface area contributed by atoms with Crippen LogP contribution in [0.15, 0.2) is 0 Å². The molecule has 7 nitrogen and oxygen atoms in total. The zero-order valence-electron chi connectivity index (χ0n) is 16.6. The van der Waals surface area contributed by atoms with Crippen LogP contribution in [0.2, 0.25) is 0 Å². The Morgan fingerprint density at radius 2 is 1.81 bits per heavy atom. The van der Waals surface area contributed by atoms with E-state index < -0.39 is 17.6 Å². The third-order valence-electron chi connectivity index (χ3n) is 5.50. The fourth-order valence-corrected chi connectivity index (χ4v) is 3.81. The number of fused-ring (bicyclic) bond motifs is 1. The van der Waals surface area contributed by atoms with Crippen molar-refractivity contribution in [1.29, 1.82) is 0 Å². The van der Waals surface area contributed by atoms with Crippen LogP contribution < -0.4 is 5.32 Å². The summed E-state index contributed by atoms with van der Waals surface area (Å²) in [5, 5.41) is 2.80. The van der Waals surface area contributed by atoms with Crippen molar-refractivity contribution in [2.75, 3.05) is 13.2 Å². The van der Waals surface area contributed by atoms with Gasteiger partial charge < -0.3 is 15.0 Å². The minimum absolute atomic E-state index is 0.00330. The minimum Gasteiger partial charge on any atom is -0.464 e. The van der Waals surface area contributed by atoms with Gasteiger partial charge in [-0.3, -0.25) is 14.4 Å². The van der Waals surface area contributed by atoms with Crippen LogP contribution in [-0.4, -0.2) is 53.2 Å². The lowest BCUT2D eigenvalue weighted by Gasteiger charge is -2.32. The Morgan fingerprint density at radius 3 is 2.52 bits per heavy atom. The van der Waals surface area contributed by atoms with E-state index in [1.807, 2.05) is 0 Å². The average molecular weight is 380 g/mol. The first-order chi connectivity index (χ1) is 12.9. The van der Waals surface area contributed by atoms with Crippen LogP contribution in [0.1, 0.15) is 78.1 Å². The lowest BCUT2D eigenvalue weighted by Crippen LogP contribution is -2.58. The largest absolute Gasteiger partial charge is 0.464 e. The van der Waals surface area contributed by atoms with Crippen LogP contribution >= 0.6 is 0 Å². The highest BCUT2D eigenvalue weighted by Gasteiger charge is 2.41. The number of ketones is 1. The van der Waals surface area contributed by atoms with Gasteiger partial charge in [0.1, 0.15) is 17.4 Å². The number of hydrogen-bond acceptors (Lipinski definition) is 5. The summed E-state index contributed by atoms with van der Waals surface area (Å²) < 4.78 is 5.14. The van der Waals surface area contributed by atoms with E-state index in [4.69, 9.17) is 4.74 Å². The molecule has 27 heavy (non-hydrogen) atoms. The maximum absolute atomic E-state index is 12.9. The number of esters is 1. The van der Waals surface area contributed by atoms with E-state index in [-0.39, 0.29) is 37.0 Å². The Kier molecular flexibility index (Phi) is 7.80. The Morgan fingerprint density at radius 1 is 1.11 bits per heavy atom. The van der Waals surface area contributed by atoms with Crippen LogP contribution in [0, 0.1) is 0 Å². The molecule has 0 aromatic heterocycles. The fraction of sp³-hybridized carbons (Fsp3) is 0.800. The van der Waals surface area contributed by atoms with E-state index in [1.54, 1.807) is 18.7 Å². The first-order valence-corrected chi connectivity index (χ1v) is 10.2. The van der Waals surface area contributed by atoms with Gasteiger partial charge >= 0.3 is 5.97 Å². The molecular weight excluding hydrogens is 348 g/mol. The molecule has 7 heteroatoms. The van der Waals surface area contributed by atoms with Gasteiger partial charge in [0.2, 0.25) is 11.8 Å². The highest BCUT2D eigenvalue weighted by molar-refractivity contribution is 5.93. The topological polar surface area (TPSA) is 92.8 Å². The molecule has 2 fully saturated rings. The molecule has 152 valence electrons. The SMILES string of the molecule is CCOC(=O)[C@@]1(C)CCC(=O)CCCCCCC(=O)N2CCCC2C(=O)N1. The molecule has 0 radical (unpaired) electrons. The van der Waals surface area contributed by atoms with E-state index >= 15 is 0 Å². The molecule has 0 aromatic rings. The summed E-state index contributed by atoms with van der Waals surface area (Å²) in [6.45, 7) is 4.09. The predicted molar refractivity (Wildman–Crippen MR) is 99.9 cm³/mol. The summed E-state index contributed by atoms with van der Waals surface area (Å²) in [7, 11) is 0. The molecule has 2 saturated heterocycles. The van der Waals surface area contributed by atoms with Gasteiger partial charge in [0, 0.05) is 25.8 Å². The second kappa shape index (κ2) is 9.85. The standard InChI is InChI=1S/C20H32N2O5/c1-3-27-19(26)20(2)13-12-15(23)9-6-4-5-7-11-17(24)22-14-8-10-16(22)18(25)21-20/h16H,3-14H2,1-2H3,(H,21,25)/t16?,20-/m1/s1. The van der Waals surface area contributed by atoms with E-state index in [9.17, 15) is 19.2 Å². The van der Waals surface area contributed by atoms with Crippen LogP contribution in [0.4, 0.5) is 0 Å². The van der Waals surface area contributed by atoms with E-state index in [0.717, 1.165) is 32.1 Å². The van der Waals surface area contributed by atoms with E-state index in [0.29, 0.717) is 25.8 Å². The quantitative estimate of drug-likeness (QED) is 0.741. The first-order valence-electron chi connectivity index (χ1n) is 10.2. The third-order valence-corrected chi connectivity index (χ3v) is 5.50. The number of nitrogens with one attached hydrogen (secondary N) is 1. The molecular formula is C20H32N2O5. The summed E-state index contributed by atoms with van der Waals surface area (Å²) in [6, 6.07) is -0.549. The van der Waals surface area contributed by atoms with Crippen molar-refractivity contribution in [3.8, 4) is 0 Å². The van der Waals surface area contributed by atoms with Crippen molar-refractivity contribution in [2.24, 2.45) is 0 Å². The number of Topliss-reactive ketones (excluding diaryl/α,β-unsaturated/α-hetero) is 1. The number of carbonyl (C=O) groups is 4. The Balaban J connectivity index is 2.20. The summed E-state index contributed by atoms with van der Waals surface area (Å²) >= 11 is 0. The van der Waals surface area contributed by atoms with Gasteiger partial charge in [-0.25, -0.2) is 4.79 Å². The normalized spacial score (nSPS) is 28.7. The van der Waals surface area contributed by atoms with Crippen LogP contribution in [-0.2, 0) is 23.9 Å². The molecule has 1 unspecified atom stereocenters. The van der Waals surface area contributed by atoms with Gasteiger partial charge in [0.15, 0.2) is 0 Å². The van der Waals surface area contributed by atoms with Crippen molar-refractivity contribution >= 4 is 23.6 Å². The molecule has 2 amide bonds. The van der Waals surface area contributed by atoms with Crippen LogP contribution in [0.5, 0.6) is 0 Å². The predicted octanol–water partition coefficient (Wildman–Crippen LogP) is 2.12. The molecule has 2 heterocycles. The molecule has 0 aromatic carbocycles. The molecule has 0 aliphatic carbocycles. The molecule has 1 N–H and O–H groups in total. The minimum atomic E-state index is -1.26. The number of ether oxygens (including phenoxy) is 1. The van der Waals surface area contributed by atoms with E-state index in [1.165, 1.54) is 0 Å². The molecule has 2 aliphatic rings. The highest BCUT2D eigenvalue weighted by Crippen LogP contribution is 2.23. The lowest BCUT2D eigenvalue weighted by atomic mass is 9.92. The van der Waals surface area contributed by atoms with Crippen molar-refractivity contribution < 1.29 is 23.9 Å². The summed E-state index contributed by atoms with van der Waals surface area (Å²) in [4.78, 5) is 51.7. The summed E-state index contributed by atoms with van der Waals surface area (Å²) in [5.74, 6) is -0.783. The summed E-state index contributed by atoms with van der Waals surface area (Å²) in [5.41, 5.74) is -1.26. The Hall–Kier alpha value is -1.92. The van der Waals surface area contributed by atoms with Crippen molar-refractivity contribution in [3.05, 3.63) is 0 Å². The monoisotopic (exact) mass is 380 g/mol. The van der Waals surface area contributed by atoms with Gasteiger partial charge in [-0.2, -0.15) is 0 Å². The molecule has 2 atom stereocenters. The van der Waals surface area contributed by atoms with E-state index in [2.05, 4.69) is 5.32 Å². The zero-order chi connectivity index (χ0) is 19.9. The zero-order valence-corrected chi connectivity index (χ0v) is 16.6. The third kappa shape index (κ3) is 5.78. The number of amides is 2. The number of carbonyl (C=O) groups excluding carboxylic acids is 4. The second-order valence-electron chi connectivity index (χ2n) is 7.74. The smallest absolute Gasteiger partial charge is 0.331 e. The second-order valence-corrected chi connectivity index (χ2v) is 7.74. The van der Waals surface area contributed by atoms with Crippen molar-refractivity contribution in [1.82, 2.24) is 10.2 Å². The molecule has 0 bridgehead atoms. The van der Waals surface area contributed by atoms with Gasteiger partial charge in [0.05, 0.1) is 6.61 Å². The lowest BCUT2D eigenvalue weighted by molar-refractivity contribution is -0.154. The maximum Gasteiger partial charge on any atom is 0.331 e. The average Bonchev–Trinajstić information content (AvgIpc) is 3.12. The fourth-order valence-electron chi connectivity index (χ4n) is 3.81. The Labute approximate surface area is 161 Å². The van der Waals surface area contributed by atoms with Crippen LogP contribution in [0.3, 0.4) is 0 Å². The Bertz CT molecular complexity index is 577. The molecule has 2 aliphatic heterocycles. The van der Waals surface area contributed by atoms with Crippen molar-refractivity contribution in [2.45, 2.75) is 89.6 Å². The highest BCUT2D eigenvalue weighted by atomic mass is 16.5. The van der Waals surface area contributed by atoms with Crippen LogP contribution in [0.25, 0.3) is 0 Å². The number of hydrogen-bond donors (Lipinski definition) is 1.